The number of nitro benzene ring substituents is 1. The largest absolute Gasteiger partial charge is 0.478 e. The molecule has 1 aromatic carbocycles. The highest BCUT2D eigenvalue weighted by molar-refractivity contribution is 5.85. The molecule has 6 heteroatoms. The number of benzene rings is 1. The van der Waals surface area contributed by atoms with Gasteiger partial charge in [-0.15, -0.1) is 0 Å². The van der Waals surface area contributed by atoms with E-state index in [-0.39, 0.29) is 11.7 Å². The fraction of sp³-hybridized carbons (Fsp3) is 0.400. The van der Waals surface area contributed by atoms with Crippen LogP contribution in [0.25, 0.3) is 0 Å². The summed E-state index contributed by atoms with van der Waals surface area (Å²) in [4.78, 5) is 23.3. The Balaban J connectivity index is 2.09. The molecule has 0 bridgehead atoms. The maximum Gasteiger partial charge on any atom is 0.330 e. The van der Waals surface area contributed by atoms with Gasteiger partial charge in [0.2, 0.25) is 0 Å². The van der Waals surface area contributed by atoms with E-state index < -0.39 is 10.9 Å². The van der Waals surface area contributed by atoms with E-state index in [1.807, 2.05) is 0 Å². The lowest BCUT2D eigenvalue weighted by atomic mass is 10.1. The van der Waals surface area contributed by atoms with Crippen molar-refractivity contribution in [2.75, 3.05) is 11.4 Å². The lowest BCUT2D eigenvalue weighted by Gasteiger charge is -2.26. The van der Waals surface area contributed by atoms with Crippen LogP contribution in [-0.4, -0.2) is 28.6 Å². The van der Waals surface area contributed by atoms with E-state index in [0.717, 1.165) is 25.1 Å². The van der Waals surface area contributed by atoms with E-state index in [2.05, 4.69) is 4.90 Å². The maximum atomic E-state index is 10.8. The third-order valence-corrected chi connectivity index (χ3v) is 3.80. The van der Waals surface area contributed by atoms with Gasteiger partial charge in [-0.25, -0.2) is 4.79 Å². The van der Waals surface area contributed by atoms with Gasteiger partial charge in [0.15, 0.2) is 0 Å². The van der Waals surface area contributed by atoms with Gasteiger partial charge in [-0.2, -0.15) is 0 Å². The number of aliphatic carboxylic acids is 1. The van der Waals surface area contributed by atoms with Crippen LogP contribution in [0.2, 0.25) is 0 Å². The first-order valence-electron chi connectivity index (χ1n) is 6.90. The Kier molecular flexibility index (Phi) is 4.57. The maximum absolute atomic E-state index is 10.8. The van der Waals surface area contributed by atoms with Gasteiger partial charge in [-0.1, -0.05) is 6.08 Å². The number of nitrogens with zero attached hydrogens (tertiary/aromatic N) is 2. The van der Waals surface area contributed by atoms with Crippen molar-refractivity contribution in [2.45, 2.75) is 32.2 Å². The highest BCUT2D eigenvalue weighted by atomic mass is 16.6. The Morgan fingerprint density at radius 2 is 2.14 bits per heavy atom. The molecule has 112 valence electrons. The molecule has 1 atom stereocenters. The first kappa shape index (κ1) is 15.0. The van der Waals surface area contributed by atoms with Gasteiger partial charge in [-0.05, 0) is 38.3 Å². The third kappa shape index (κ3) is 3.59. The quantitative estimate of drug-likeness (QED) is 0.512. The van der Waals surface area contributed by atoms with Gasteiger partial charge in [0.1, 0.15) is 0 Å². The number of carboxylic acids is 1. The topological polar surface area (TPSA) is 83.7 Å². The summed E-state index contributed by atoms with van der Waals surface area (Å²) in [5, 5.41) is 19.5. The van der Waals surface area contributed by atoms with Gasteiger partial charge in [0, 0.05) is 36.0 Å². The van der Waals surface area contributed by atoms with Gasteiger partial charge in [0.05, 0.1) is 4.92 Å². The Morgan fingerprint density at radius 3 is 2.71 bits per heavy atom. The zero-order valence-electron chi connectivity index (χ0n) is 11.9. The molecule has 0 aromatic heterocycles. The minimum Gasteiger partial charge on any atom is -0.478 e. The molecule has 1 aliphatic rings. The van der Waals surface area contributed by atoms with Crippen LogP contribution in [0.5, 0.6) is 0 Å². The lowest BCUT2D eigenvalue weighted by molar-refractivity contribution is -0.384. The van der Waals surface area contributed by atoms with Crippen molar-refractivity contribution in [2.24, 2.45) is 0 Å². The second kappa shape index (κ2) is 6.39. The fourth-order valence-corrected chi connectivity index (χ4v) is 2.59. The minimum atomic E-state index is -0.894. The van der Waals surface area contributed by atoms with Crippen molar-refractivity contribution < 1.29 is 14.8 Å². The van der Waals surface area contributed by atoms with E-state index in [1.54, 1.807) is 25.1 Å². The van der Waals surface area contributed by atoms with E-state index in [9.17, 15) is 14.9 Å². The summed E-state index contributed by atoms with van der Waals surface area (Å²) in [6.45, 7) is 2.48. The predicted molar refractivity (Wildman–Crippen MR) is 79.5 cm³/mol. The second-order valence-electron chi connectivity index (χ2n) is 5.19. The van der Waals surface area contributed by atoms with Gasteiger partial charge in [0.25, 0.3) is 5.69 Å². The smallest absolute Gasteiger partial charge is 0.330 e. The zero-order chi connectivity index (χ0) is 15.4. The molecule has 1 fully saturated rings. The molecule has 1 unspecified atom stereocenters. The average molecular weight is 290 g/mol. The molecule has 2 rings (SSSR count). The molecule has 0 aliphatic carbocycles. The summed E-state index contributed by atoms with van der Waals surface area (Å²) in [5.74, 6) is -0.894. The summed E-state index contributed by atoms with van der Waals surface area (Å²) in [7, 11) is 0. The molecule has 1 saturated heterocycles. The molecule has 0 amide bonds. The van der Waals surface area contributed by atoms with Crippen LogP contribution < -0.4 is 4.90 Å². The first-order chi connectivity index (χ1) is 9.99. The van der Waals surface area contributed by atoms with Crippen LogP contribution in [0.15, 0.2) is 35.9 Å². The standard InChI is InChI=1S/C15H18N2O4/c1-11(15(18)19)4-5-12-3-2-10-16(12)13-6-8-14(9-7-13)17(20)21/h4,6-9,12H,2-3,5,10H2,1H3,(H,18,19). The molecule has 1 aromatic rings. The Hall–Kier alpha value is -2.37. The summed E-state index contributed by atoms with van der Waals surface area (Å²) in [5.41, 5.74) is 1.38. The number of anilines is 1. The normalized spacial score (nSPS) is 18.8. The number of hydrogen-bond donors (Lipinski definition) is 1. The molecule has 0 saturated carbocycles. The van der Waals surface area contributed by atoms with Crippen LogP contribution in [0.3, 0.4) is 0 Å². The molecule has 6 nitrogen and oxygen atoms in total. The van der Waals surface area contributed by atoms with E-state index in [4.69, 9.17) is 5.11 Å². The van der Waals surface area contributed by atoms with Crippen molar-refractivity contribution in [3.63, 3.8) is 0 Å². The summed E-state index contributed by atoms with van der Waals surface area (Å²) in [6, 6.07) is 6.77. The fourth-order valence-electron chi connectivity index (χ4n) is 2.59. The van der Waals surface area contributed by atoms with Crippen LogP contribution in [-0.2, 0) is 4.79 Å². The SMILES string of the molecule is CC(=CCC1CCCN1c1ccc([N+](=O)[O-])cc1)C(=O)O. The first-order valence-corrected chi connectivity index (χ1v) is 6.90. The number of carboxylic acid groups (broad SMARTS) is 1. The molecular weight excluding hydrogens is 272 g/mol. The molecular formula is C15H18N2O4. The third-order valence-electron chi connectivity index (χ3n) is 3.80. The Bertz CT molecular complexity index is 566. The second-order valence-corrected chi connectivity index (χ2v) is 5.19. The number of hydrogen-bond acceptors (Lipinski definition) is 4. The van der Waals surface area contributed by atoms with Crippen LogP contribution in [0, 0.1) is 10.1 Å². The number of non-ortho nitro benzene ring substituents is 1. The van der Waals surface area contributed by atoms with Crippen molar-refractivity contribution in [3.05, 3.63) is 46.0 Å². The van der Waals surface area contributed by atoms with Crippen LogP contribution >= 0.6 is 0 Å². The van der Waals surface area contributed by atoms with Crippen molar-refractivity contribution in [3.8, 4) is 0 Å². The van der Waals surface area contributed by atoms with Crippen molar-refractivity contribution in [1.82, 2.24) is 0 Å². The van der Waals surface area contributed by atoms with Gasteiger partial charge in [-0.3, -0.25) is 10.1 Å². The number of nitro groups is 1. The van der Waals surface area contributed by atoms with E-state index in [0.29, 0.717) is 12.0 Å². The molecule has 0 radical (unpaired) electrons. The number of carbonyl (C=O) groups is 1. The Labute approximate surface area is 122 Å². The highest BCUT2D eigenvalue weighted by Gasteiger charge is 2.24. The monoisotopic (exact) mass is 290 g/mol. The minimum absolute atomic E-state index is 0.0797. The molecule has 1 N–H and O–H groups in total. The average Bonchev–Trinajstić information content (AvgIpc) is 2.93. The van der Waals surface area contributed by atoms with Crippen LogP contribution in [0.4, 0.5) is 11.4 Å². The van der Waals surface area contributed by atoms with Crippen LogP contribution in [0.1, 0.15) is 26.2 Å². The molecule has 21 heavy (non-hydrogen) atoms. The zero-order valence-corrected chi connectivity index (χ0v) is 11.9. The predicted octanol–water partition coefficient (Wildman–Crippen LogP) is 2.98. The molecule has 1 heterocycles. The lowest BCUT2D eigenvalue weighted by Crippen LogP contribution is -2.28. The molecule has 0 spiro atoms. The summed E-state index contributed by atoms with van der Waals surface area (Å²) < 4.78 is 0. The van der Waals surface area contributed by atoms with Gasteiger partial charge >= 0.3 is 5.97 Å². The van der Waals surface area contributed by atoms with Gasteiger partial charge < -0.3 is 10.0 Å². The summed E-state index contributed by atoms with van der Waals surface area (Å²) >= 11 is 0. The van der Waals surface area contributed by atoms with Crippen molar-refractivity contribution >= 4 is 17.3 Å². The number of rotatable bonds is 5. The molecule has 1 aliphatic heterocycles. The van der Waals surface area contributed by atoms with E-state index >= 15 is 0 Å². The van der Waals surface area contributed by atoms with E-state index in [1.165, 1.54) is 12.1 Å². The highest BCUT2D eigenvalue weighted by Crippen LogP contribution is 2.29. The van der Waals surface area contributed by atoms with Crippen molar-refractivity contribution in [1.29, 1.82) is 0 Å². The summed E-state index contributed by atoms with van der Waals surface area (Å²) in [6.07, 6.45) is 4.47. The Morgan fingerprint density at radius 1 is 1.48 bits per heavy atom.